The van der Waals surface area contributed by atoms with Gasteiger partial charge in [-0.15, -0.1) is 0 Å². The second-order valence-electron chi connectivity index (χ2n) is 2.05. The van der Waals surface area contributed by atoms with E-state index in [2.05, 4.69) is 5.32 Å². The number of carbonyl (C=O) groups excluding carboxylic acids is 1. The van der Waals surface area contributed by atoms with Crippen molar-refractivity contribution < 1.29 is 4.79 Å². The summed E-state index contributed by atoms with van der Waals surface area (Å²) >= 11 is 0. The summed E-state index contributed by atoms with van der Waals surface area (Å²) in [5.41, 5.74) is 0.843. The number of hydrogen-bond acceptors (Lipinski definition) is 1. The Kier molecular flexibility index (Phi) is 13.0. The summed E-state index contributed by atoms with van der Waals surface area (Å²) in [6.45, 7) is 1.49. The van der Waals surface area contributed by atoms with Gasteiger partial charge in [0.05, 0.1) is 0 Å². The molecule has 1 aromatic rings. The van der Waals surface area contributed by atoms with Crippen LogP contribution in [0.2, 0.25) is 0 Å². The molecule has 4 heteroatoms. The summed E-state index contributed by atoms with van der Waals surface area (Å²) in [6, 6.07) is 9.37. The molecule has 0 aliphatic rings. The van der Waals surface area contributed by atoms with Crippen molar-refractivity contribution in [3.8, 4) is 0 Å². The molecule has 54 valence electrons. The van der Waals surface area contributed by atoms with E-state index >= 15 is 0 Å². The predicted octanol–water partition coefficient (Wildman–Crippen LogP) is 0.883. The molecule has 0 saturated heterocycles. The third kappa shape index (κ3) is 7.37. The fourth-order valence-corrected chi connectivity index (χ4v) is 0.725. The Hall–Kier alpha value is 1.96. The Morgan fingerprint density at radius 1 is 1.17 bits per heavy atom. The van der Waals surface area contributed by atoms with E-state index in [-0.39, 0.29) is 109 Å². The van der Waals surface area contributed by atoms with Crippen molar-refractivity contribution in [1.82, 2.24) is 0 Å². The third-order valence-electron chi connectivity index (χ3n) is 1.09. The van der Waals surface area contributed by atoms with Gasteiger partial charge < -0.3 is 5.32 Å². The van der Waals surface area contributed by atoms with E-state index in [9.17, 15) is 4.79 Å². The second kappa shape index (κ2) is 9.52. The second-order valence-corrected chi connectivity index (χ2v) is 2.05. The smallest absolute Gasteiger partial charge is 0.221 e. The molecule has 1 N–H and O–H groups in total. The van der Waals surface area contributed by atoms with Crippen LogP contribution >= 0.6 is 0 Å². The zero-order valence-electron chi connectivity index (χ0n) is 7.79. The number of hydrogen-bond donors (Lipinski definition) is 1. The van der Waals surface area contributed by atoms with Gasteiger partial charge in [0.2, 0.25) is 5.91 Å². The number of rotatable bonds is 1. The summed E-state index contributed by atoms with van der Waals surface area (Å²) < 4.78 is 0. The topological polar surface area (TPSA) is 29.1 Å². The number of carbonyl (C=O) groups is 1. The molecule has 0 aliphatic heterocycles. The van der Waals surface area contributed by atoms with Crippen molar-refractivity contribution in [3.63, 3.8) is 0 Å². The van der Waals surface area contributed by atoms with Crippen LogP contribution in [-0.2, 0) is 4.79 Å². The largest absolute Gasteiger partial charge is 0.326 e. The van der Waals surface area contributed by atoms with Gasteiger partial charge in [-0.3, -0.25) is 4.79 Å². The Bertz CT molecular complexity index is 226. The minimum Gasteiger partial charge on any atom is -0.326 e. The van der Waals surface area contributed by atoms with Gasteiger partial charge in [-0.25, -0.2) is 0 Å². The zero-order chi connectivity index (χ0) is 7.40. The van der Waals surface area contributed by atoms with Crippen LogP contribution in [0.4, 0.5) is 5.69 Å². The van der Waals surface area contributed by atoms with Gasteiger partial charge in [-0.1, -0.05) is 18.2 Å². The first-order chi connectivity index (χ1) is 4.79. The van der Waals surface area contributed by atoms with Gasteiger partial charge >= 0.3 is 0 Å². The van der Waals surface area contributed by atoms with Crippen LogP contribution in [0.25, 0.3) is 0 Å². The van der Waals surface area contributed by atoms with Gasteiger partial charge in [0.15, 0.2) is 0 Å². The van der Waals surface area contributed by atoms with Crippen molar-refractivity contribution in [2.75, 3.05) is 5.32 Å². The predicted molar refractivity (Wildman–Crippen MR) is 52.3 cm³/mol. The third-order valence-corrected chi connectivity index (χ3v) is 1.09. The Labute approximate surface area is 158 Å². The van der Waals surface area contributed by atoms with E-state index in [0.29, 0.717) is 0 Å². The van der Waals surface area contributed by atoms with Gasteiger partial charge in [-0.05, 0) is 12.1 Å². The van der Waals surface area contributed by atoms with Gasteiger partial charge in [-0.2, -0.15) is 0 Å². The number of anilines is 1. The maximum atomic E-state index is 10.5. The van der Waals surface area contributed by atoms with Crippen molar-refractivity contribution in [3.05, 3.63) is 30.3 Å². The molecule has 0 atom stereocenters. The maximum Gasteiger partial charge on any atom is 0.221 e. The van der Waals surface area contributed by atoms with Crippen LogP contribution in [0.3, 0.4) is 0 Å². The number of para-hydroxylation sites is 1. The summed E-state index contributed by atoms with van der Waals surface area (Å²) in [6.07, 6.45) is 0. The zero-order valence-corrected chi connectivity index (χ0v) is 14.0. The molecule has 0 fully saturated rings. The van der Waals surface area contributed by atoms with Crippen LogP contribution in [0, 0.1) is 0 Å². The van der Waals surface area contributed by atoms with Gasteiger partial charge in [0.25, 0.3) is 0 Å². The molecule has 1 amide bonds. The van der Waals surface area contributed by atoms with Gasteiger partial charge in [0, 0.05) is 115 Å². The Morgan fingerprint density at radius 2 is 1.67 bits per heavy atom. The van der Waals surface area contributed by atoms with Crippen LogP contribution in [0.5, 0.6) is 0 Å². The first kappa shape index (κ1) is 16.4. The van der Waals surface area contributed by atoms with Crippen LogP contribution in [0.15, 0.2) is 30.3 Å². The fraction of sp³-hybridized carbons (Fsp3) is 0.125. The van der Waals surface area contributed by atoms with Crippen molar-refractivity contribution in [2.45, 2.75) is 6.92 Å². The van der Waals surface area contributed by atoms with Gasteiger partial charge in [0.1, 0.15) is 0 Å². The molecule has 0 aromatic heterocycles. The fourth-order valence-electron chi connectivity index (χ4n) is 0.725. The van der Waals surface area contributed by atoms with E-state index in [1.165, 1.54) is 6.92 Å². The molecule has 0 unspecified atom stereocenters. The molecule has 0 bridgehead atoms. The first-order valence-electron chi connectivity index (χ1n) is 3.11. The summed E-state index contributed by atoms with van der Waals surface area (Å²) in [5.74, 6) is -0.0359. The standard InChI is InChI=1S/C8H9NO.2K/c1-7(10)9-8-5-3-2-4-6-8;;/h2-6H,1H3,(H,9,10);;. The van der Waals surface area contributed by atoms with Crippen LogP contribution < -0.4 is 5.32 Å². The van der Waals surface area contributed by atoms with Crippen molar-refractivity contribution >= 4 is 114 Å². The quantitative estimate of drug-likeness (QED) is 0.690. The summed E-state index contributed by atoms with van der Waals surface area (Å²) in [7, 11) is 0. The minimum atomic E-state index is -0.0359. The molecule has 12 heavy (non-hydrogen) atoms. The SMILES string of the molecule is CC(=O)Nc1ccccc1.[K].[K]. The Morgan fingerprint density at radius 3 is 2.08 bits per heavy atom. The maximum absolute atomic E-state index is 10.5. The van der Waals surface area contributed by atoms with E-state index in [1.54, 1.807) is 0 Å². The molecule has 1 aromatic carbocycles. The molecule has 2 nitrogen and oxygen atoms in total. The van der Waals surface area contributed by atoms with Crippen molar-refractivity contribution in [1.29, 1.82) is 0 Å². The van der Waals surface area contributed by atoms with Crippen LogP contribution in [0.1, 0.15) is 6.92 Å². The van der Waals surface area contributed by atoms with E-state index in [0.717, 1.165) is 5.69 Å². The summed E-state index contributed by atoms with van der Waals surface area (Å²) in [5, 5.41) is 2.67. The van der Waals surface area contributed by atoms with E-state index in [1.807, 2.05) is 30.3 Å². The molecule has 0 heterocycles. The molecule has 0 spiro atoms. The Balaban J connectivity index is 0. The summed E-state index contributed by atoms with van der Waals surface area (Å²) in [4.78, 5) is 10.5. The molecule has 1 rings (SSSR count). The normalized spacial score (nSPS) is 7.42. The number of benzene rings is 1. The van der Waals surface area contributed by atoms with Crippen LogP contribution in [-0.4, -0.2) is 109 Å². The minimum absolute atomic E-state index is 0. The average molecular weight is 213 g/mol. The number of amides is 1. The monoisotopic (exact) mass is 213 g/mol. The van der Waals surface area contributed by atoms with E-state index < -0.39 is 0 Å². The van der Waals surface area contributed by atoms with Crippen molar-refractivity contribution in [2.24, 2.45) is 0 Å². The number of nitrogens with one attached hydrogen (secondary N) is 1. The molecule has 0 aliphatic carbocycles. The molecular weight excluding hydrogens is 204 g/mol. The average Bonchev–Trinajstić information content (AvgIpc) is 1.88. The van der Waals surface area contributed by atoms with E-state index in [4.69, 9.17) is 0 Å². The molecular formula is C8H9K2NO. The molecule has 0 saturated carbocycles. The molecule has 2 radical (unpaired) electrons. The first-order valence-corrected chi connectivity index (χ1v) is 3.11.